The van der Waals surface area contributed by atoms with Crippen molar-refractivity contribution in [2.24, 2.45) is 0 Å². The Bertz CT molecular complexity index is 722. The second-order valence-corrected chi connectivity index (χ2v) is 3.98. The van der Waals surface area contributed by atoms with Crippen LogP contribution in [0.15, 0.2) is 18.3 Å². The Labute approximate surface area is 102 Å². The predicted octanol–water partition coefficient (Wildman–Crippen LogP) is 2.25. The third-order valence-corrected chi connectivity index (χ3v) is 2.90. The topological polar surface area (TPSA) is 52.3 Å². The average molecular weight is 249 g/mol. The SMILES string of the molecule is COc1ccc2nc(Cl)c3cnc(C)n3c2n1. The monoisotopic (exact) mass is 248 g/mol. The van der Waals surface area contributed by atoms with Gasteiger partial charge in [0.1, 0.15) is 16.9 Å². The molecular formula is C11H9ClN4O. The summed E-state index contributed by atoms with van der Waals surface area (Å²) in [7, 11) is 1.58. The number of rotatable bonds is 1. The average Bonchev–Trinajstić information content (AvgIpc) is 2.72. The molecule has 0 bridgehead atoms. The summed E-state index contributed by atoms with van der Waals surface area (Å²) in [6, 6.07) is 3.58. The molecule has 0 aliphatic rings. The van der Waals surface area contributed by atoms with Crippen LogP contribution in [-0.2, 0) is 0 Å². The van der Waals surface area contributed by atoms with E-state index in [0.29, 0.717) is 22.2 Å². The summed E-state index contributed by atoms with van der Waals surface area (Å²) in [6.45, 7) is 1.89. The van der Waals surface area contributed by atoms with Gasteiger partial charge in [-0.15, -0.1) is 0 Å². The molecule has 0 saturated carbocycles. The van der Waals surface area contributed by atoms with Gasteiger partial charge in [-0.1, -0.05) is 11.6 Å². The van der Waals surface area contributed by atoms with E-state index in [9.17, 15) is 0 Å². The molecular weight excluding hydrogens is 240 g/mol. The molecule has 0 aromatic carbocycles. The van der Waals surface area contributed by atoms with Crippen LogP contribution in [0.5, 0.6) is 5.88 Å². The van der Waals surface area contributed by atoms with Crippen molar-refractivity contribution in [3.63, 3.8) is 0 Å². The maximum Gasteiger partial charge on any atom is 0.215 e. The highest BCUT2D eigenvalue weighted by Gasteiger charge is 2.11. The molecule has 3 aromatic rings. The molecule has 0 aliphatic carbocycles. The van der Waals surface area contributed by atoms with E-state index in [1.54, 1.807) is 19.4 Å². The van der Waals surface area contributed by atoms with Gasteiger partial charge in [-0.05, 0) is 13.0 Å². The van der Waals surface area contributed by atoms with Crippen LogP contribution in [0.25, 0.3) is 16.7 Å². The van der Waals surface area contributed by atoms with Crippen LogP contribution < -0.4 is 4.74 Å². The minimum absolute atomic E-state index is 0.421. The summed E-state index contributed by atoms with van der Waals surface area (Å²) in [4.78, 5) is 12.9. The van der Waals surface area contributed by atoms with Gasteiger partial charge in [-0.3, -0.25) is 4.40 Å². The van der Waals surface area contributed by atoms with Crippen LogP contribution >= 0.6 is 11.6 Å². The van der Waals surface area contributed by atoms with Crippen molar-refractivity contribution in [3.05, 3.63) is 29.3 Å². The molecule has 17 heavy (non-hydrogen) atoms. The lowest BCUT2D eigenvalue weighted by Gasteiger charge is -2.05. The molecule has 0 radical (unpaired) electrons. The van der Waals surface area contributed by atoms with E-state index in [0.717, 1.165) is 11.3 Å². The van der Waals surface area contributed by atoms with Crippen molar-refractivity contribution >= 4 is 28.3 Å². The van der Waals surface area contributed by atoms with E-state index in [1.807, 2.05) is 17.4 Å². The number of methoxy groups -OCH3 is 1. The van der Waals surface area contributed by atoms with E-state index in [-0.39, 0.29) is 0 Å². The fourth-order valence-electron chi connectivity index (χ4n) is 1.81. The van der Waals surface area contributed by atoms with Crippen molar-refractivity contribution in [2.75, 3.05) is 7.11 Å². The number of nitrogens with zero attached hydrogens (tertiary/aromatic N) is 4. The number of hydrogen-bond acceptors (Lipinski definition) is 4. The summed E-state index contributed by atoms with van der Waals surface area (Å²) in [6.07, 6.45) is 1.69. The quantitative estimate of drug-likeness (QED) is 0.663. The summed E-state index contributed by atoms with van der Waals surface area (Å²) >= 11 is 6.09. The first kappa shape index (κ1) is 10.3. The van der Waals surface area contributed by atoms with E-state index in [1.165, 1.54) is 0 Å². The number of halogens is 1. The zero-order valence-electron chi connectivity index (χ0n) is 9.31. The molecule has 6 heteroatoms. The Morgan fingerprint density at radius 3 is 2.88 bits per heavy atom. The molecule has 0 saturated heterocycles. The van der Waals surface area contributed by atoms with Crippen LogP contribution in [0.4, 0.5) is 0 Å². The molecule has 0 aliphatic heterocycles. The van der Waals surface area contributed by atoms with Crippen LogP contribution in [0.2, 0.25) is 5.15 Å². The minimum atomic E-state index is 0.421. The normalized spacial score (nSPS) is 11.2. The van der Waals surface area contributed by atoms with Gasteiger partial charge in [-0.25, -0.2) is 9.97 Å². The Hall–Kier alpha value is -1.88. The highest BCUT2D eigenvalue weighted by molar-refractivity contribution is 6.33. The molecule has 5 nitrogen and oxygen atoms in total. The first-order chi connectivity index (χ1) is 8.20. The molecule has 3 aromatic heterocycles. The zero-order valence-corrected chi connectivity index (χ0v) is 10.1. The van der Waals surface area contributed by atoms with Gasteiger partial charge in [0.15, 0.2) is 10.8 Å². The number of hydrogen-bond donors (Lipinski definition) is 0. The predicted molar refractivity (Wildman–Crippen MR) is 64.6 cm³/mol. The summed E-state index contributed by atoms with van der Waals surface area (Å²) in [5.41, 5.74) is 2.15. The van der Waals surface area contributed by atoms with Gasteiger partial charge in [0.05, 0.1) is 13.3 Å². The largest absolute Gasteiger partial charge is 0.481 e. The maximum atomic E-state index is 6.09. The number of imidazole rings is 1. The Kier molecular flexibility index (Phi) is 2.16. The van der Waals surface area contributed by atoms with E-state index in [4.69, 9.17) is 16.3 Å². The van der Waals surface area contributed by atoms with E-state index >= 15 is 0 Å². The Balaban J connectivity index is 2.54. The second-order valence-electron chi connectivity index (χ2n) is 3.63. The summed E-state index contributed by atoms with van der Waals surface area (Å²) in [5.74, 6) is 1.35. The smallest absolute Gasteiger partial charge is 0.215 e. The third kappa shape index (κ3) is 1.43. The number of ether oxygens (including phenoxy) is 1. The molecule has 3 rings (SSSR count). The van der Waals surface area contributed by atoms with Crippen LogP contribution in [0.3, 0.4) is 0 Å². The molecule has 0 unspecified atom stereocenters. The summed E-state index contributed by atoms with van der Waals surface area (Å²) < 4.78 is 6.98. The maximum absolute atomic E-state index is 6.09. The van der Waals surface area contributed by atoms with Gasteiger partial charge in [0, 0.05) is 6.07 Å². The van der Waals surface area contributed by atoms with Crippen LogP contribution in [0.1, 0.15) is 5.82 Å². The number of aromatic nitrogens is 4. The van der Waals surface area contributed by atoms with Crippen molar-refractivity contribution in [1.82, 2.24) is 19.4 Å². The van der Waals surface area contributed by atoms with Crippen molar-refractivity contribution < 1.29 is 4.74 Å². The number of pyridine rings is 1. The zero-order chi connectivity index (χ0) is 12.0. The number of aryl methyl sites for hydroxylation is 1. The second kappa shape index (κ2) is 3.56. The minimum Gasteiger partial charge on any atom is -0.481 e. The first-order valence-corrected chi connectivity index (χ1v) is 5.43. The lowest BCUT2D eigenvalue weighted by molar-refractivity contribution is 0.399. The molecule has 3 heterocycles. The molecule has 0 N–H and O–H groups in total. The van der Waals surface area contributed by atoms with Gasteiger partial charge < -0.3 is 4.74 Å². The first-order valence-electron chi connectivity index (χ1n) is 5.05. The molecule has 0 amide bonds. The van der Waals surface area contributed by atoms with Gasteiger partial charge >= 0.3 is 0 Å². The molecule has 0 atom stereocenters. The Morgan fingerprint density at radius 1 is 1.29 bits per heavy atom. The van der Waals surface area contributed by atoms with Gasteiger partial charge in [0.2, 0.25) is 5.88 Å². The van der Waals surface area contributed by atoms with Gasteiger partial charge in [-0.2, -0.15) is 4.98 Å². The fourth-order valence-corrected chi connectivity index (χ4v) is 2.03. The molecule has 0 spiro atoms. The standard InChI is InChI=1S/C11H9ClN4O/c1-6-13-5-8-10(12)14-7-3-4-9(17-2)15-11(7)16(6)8/h3-5H,1-2H3. The fraction of sp³-hybridized carbons (Fsp3) is 0.182. The van der Waals surface area contributed by atoms with Crippen molar-refractivity contribution in [1.29, 1.82) is 0 Å². The van der Waals surface area contributed by atoms with E-state index in [2.05, 4.69) is 15.0 Å². The molecule has 0 fully saturated rings. The van der Waals surface area contributed by atoms with E-state index < -0.39 is 0 Å². The summed E-state index contributed by atoms with van der Waals surface area (Å²) in [5, 5.41) is 0.421. The number of fused-ring (bicyclic) bond motifs is 3. The lowest BCUT2D eigenvalue weighted by Crippen LogP contribution is -1.98. The van der Waals surface area contributed by atoms with Crippen LogP contribution in [0, 0.1) is 6.92 Å². The highest BCUT2D eigenvalue weighted by Crippen LogP contribution is 2.23. The molecule has 86 valence electrons. The van der Waals surface area contributed by atoms with Crippen molar-refractivity contribution in [2.45, 2.75) is 6.92 Å². The highest BCUT2D eigenvalue weighted by atomic mass is 35.5. The third-order valence-electron chi connectivity index (χ3n) is 2.62. The van der Waals surface area contributed by atoms with Gasteiger partial charge in [0.25, 0.3) is 0 Å². The lowest BCUT2D eigenvalue weighted by atomic mass is 10.4. The van der Waals surface area contributed by atoms with Crippen LogP contribution in [-0.4, -0.2) is 26.5 Å². The van der Waals surface area contributed by atoms with Crippen molar-refractivity contribution in [3.8, 4) is 5.88 Å². The Morgan fingerprint density at radius 2 is 2.12 bits per heavy atom.